The molecule has 1 heterocycles. The Balaban J connectivity index is 1.50. The highest BCUT2D eigenvalue weighted by atomic mass is 19.4. The first kappa shape index (κ1) is 21.4. The first-order valence-corrected chi connectivity index (χ1v) is 9.09. The summed E-state index contributed by atoms with van der Waals surface area (Å²) < 4.78 is 48.7. The lowest BCUT2D eigenvalue weighted by atomic mass is 10.1. The van der Waals surface area contributed by atoms with E-state index in [-0.39, 0.29) is 19.8 Å². The molecule has 2 aromatic carbocycles. The Kier molecular flexibility index (Phi) is 6.79. The van der Waals surface area contributed by atoms with Gasteiger partial charge < -0.3 is 19.1 Å². The highest BCUT2D eigenvalue weighted by Crippen LogP contribution is 2.29. The van der Waals surface area contributed by atoms with E-state index in [4.69, 9.17) is 19.1 Å². The quantitative estimate of drug-likeness (QED) is 0.397. The molecule has 0 amide bonds. The van der Waals surface area contributed by atoms with Crippen LogP contribution in [-0.4, -0.2) is 10.8 Å². The number of benzene rings is 2. The lowest BCUT2D eigenvalue weighted by molar-refractivity contribution is -0.137. The molecule has 0 saturated carbocycles. The number of rotatable bonds is 8. The fourth-order valence-electron chi connectivity index (χ4n) is 2.58. The van der Waals surface area contributed by atoms with Gasteiger partial charge in [0.2, 0.25) is 0 Å². The van der Waals surface area contributed by atoms with E-state index in [1.807, 2.05) is 12.1 Å². The lowest BCUT2D eigenvalue weighted by Gasteiger charge is -2.08. The molecule has 1 aromatic heterocycles. The number of hydrogen-bond acceptors (Lipinski definition) is 5. The third-order valence-corrected chi connectivity index (χ3v) is 4.24. The van der Waals surface area contributed by atoms with E-state index in [0.29, 0.717) is 28.5 Å². The summed E-state index contributed by atoms with van der Waals surface area (Å²) in [6.45, 7) is 1.91. The molecule has 5 nitrogen and oxygen atoms in total. The summed E-state index contributed by atoms with van der Waals surface area (Å²) in [6, 6.07) is 15.4. The Hall–Kier alpha value is -3.26. The fraction of sp³-hybridized carbons (Fsp3) is 0.227. The Morgan fingerprint density at radius 2 is 1.60 bits per heavy atom. The zero-order valence-electron chi connectivity index (χ0n) is 16.1. The second kappa shape index (κ2) is 9.49. The average molecular weight is 419 g/mol. The van der Waals surface area contributed by atoms with Crippen LogP contribution in [0.25, 0.3) is 0 Å². The van der Waals surface area contributed by atoms with E-state index < -0.39 is 11.7 Å². The van der Waals surface area contributed by atoms with Gasteiger partial charge in [-0.25, -0.2) is 0 Å². The van der Waals surface area contributed by atoms with Crippen molar-refractivity contribution in [1.82, 2.24) is 0 Å². The van der Waals surface area contributed by atoms with E-state index in [0.717, 1.165) is 17.7 Å². The molecule has 1 N–H and O–H groups in total. The van der Waals surface area contributed by atoms with Crippen molar-refractivity contribution in [2.75, 3.05) is 0 Å². The maximum Gasteiger partial charge on any atom is 0.416 e. The molecule has 0 spiro atoms. The van der Waals surface area contributed by atoms with Crippen molar-refractivity contribution in [1.29, 1.82) is 0 Å². The number of aliphatic hydroxyl groups excluding tert-OH is 1. The largest absolute Gasteiger partial charge is 0.486 e. The highest BCUT2D eigenvalue weighted by molar-refractivity contribution is 5.98. The third-order valence-electron chi connectivity index (χ3n) is 4.24. The Morgan fingerprint density at radius 1 is 0.933 bits per heavy atom. The van der Waals surface area contributed by atoms with Crippen LogP contribution in [0.1, 0.15) is 35.1 Å². The van der Waals surface area contributed by atoms with Crippen molar-refractivity contribution in [3.8, 4) is 5.75 Å². The van der Waals surface area contributed by atoms with Gasteiger partial charge in [0.1, 0.15) is 37.1 Å². The Bertz CT molecular complexity index is 977. The van der Waals surface area contributed by atoms with E-state index >= 15 is 0 Å². The van der Waals surface area contributed by atoms with E-state index in [9.17, 15) is 13.2 Å². The topological polar surface area (TPSA) is 64.2 Å². The summed E-state index contributed by atoms with van der Waals surface area (Å²) in [5.41, 5.74) is 1.32. The molecule has 0 aliphatic heterocycles. The summed E-state index contributed by atoms with van der Waals surface area (Å²) in [6.07, 6.45) is -4.36. The minimum absolute atomic E-state index is 0.0651. The summed E-state index contributed by atoms with van der Waals surface area (Å²) in [7, 11) is 0. The van der Waals surface area contributed by atoms with Crippen molar-refractivity contribution in [2.45, 2.75) is 32.9 Å². The van der Waals surface area contributed by atoms with Gasteiger partial charge in [0.25, 0.3) is 0 Å². The van der Waals surface area contributed by atoms with Crippen LogP contribution >= 0.6 is 0 Å². The smallest absolute Gasteiger partial charge is 0.416 e. The van der Waals surface area contributed by atoms with Gasteiger partial charge in [0, 0.05) is 0 Å². The van der Waals surface area contributed by atoms with Crippen LogP contribution in [0.3, 0.4) is 0 Å². The summed E-state index contributed by atoms with van der Waals surface area (Å²) in [5, 5.41) is 13.0. The zero-order chi connectivity index (χ0) is 21.6. The second-order valence-electron chi connectivity index (χ2n) is 6.48. The predicted molar refractivity (Wildman–Crippen MR) is 104 cm³/mol. The van der Waals surface area contributed by atoms with Crippen LogP contribution in [0.2, 0.25) is 0 Å². The maximum atomic E-state index is 12.6. The van der Waals surface area contributed by atoms with Crippen molar-refractivity contribution >= 4 is 5.71 Å². The molecule has 30 heavy (non-hydrogen) atoms. The molecular weight excluding hydrogens is 399 g/mol. The van der Waals surface area contributed by atoms with Crippen LogP contribution in [0, 0.1) is 0 Å². The molecule has 0 aliphatic carbocycles. The summed E-state index contributed by atoms with van der Waals surface area (Å²) >= 11 is 0. The van der Waals surface area contributed by atoms with Gasteiger partial charge in [-0.15, -0.1) is 0 Å². The first-order chi connectivity index (χ1) is 14.3. The second-order valence-corrected chi connectivity index (χ2v) is 6.48. The third kappa shape index (κ3) is 5.87. The summed E-state index contributed by atoms with van der Waals surface area (Å²) in [5.74, 6) is 1.73. The molecule has 0 aliphatic rings. The minimum Gasteiger partial charge on any atom is -0.486 e. The molecule has 0 fully saturated rings. The Morgan fingerprint density at radius 3 is 2.20 bits per heavy atom. The number of furan rings is 1. The lowest BCUT2D eigenvalue weighted by Crippen LogP contribution is -2.04. The highest BCUT2D eigenvalue weighted by Gasteiger charge is 2.29. The number of aliphatic hydroxyl groups is 1. The van der Waals surface area contributed by atoms with Crippen molar-refractivity contribution in [3.05, 3.63) is 88.9 Å². The van der Waals surface area contributed by atoms with Gasteiger partial charge in [-0.1, -0.05) is 17.3 Å². The van der Waals surface area contributed by atoms with Gasteiger partial charge in [-0.3, -0.25) is 0 Å². The van der Waals surface area contributed by atoms with E-state index in [1.165, 1.54) is 12.1 Å². The van der Waals surface area contributed by atoms with Crippen LogP contribution in [0.4, 0.5) is 13.2 Å². The molecule has 3 aromatic rings. The van der Waals surface area contributed by atoms with Crippen molar-refractivity contribution < 1.29 is 32.3 Å². The number of nitrogens with zero attached hydrogens (tertiary/aromatic N) is 1. The van der Waals surface area contributed by atoms with Crippen LogP contribution in [0.15, 0.2) is 70.2 Å². The first-order valence-electron chi connectivity index (χ1n) is 9.09. The SMILES string of the molecule is CC(=NOCc1ccc(C(F)(F)F)cc1)c1ccc(OCc2ccc(CO)o2)cc1. The van der Waals surface area contributed by atoms with Crippen molar-refractivity contribution in [3.63, 3.8) is 0 Å². The fourth-order valence-corrected chi connectivity index (χ4v) is 2.58. The molecule has 0 bridgehead atoms. The van der Waals surface area contributed by atoms with E-state index in [2.05, 4.69) is 5.16 Å². The molecule has 158 valence electrons. The molecule has 8 heteroatoms. The maximum absolute atomic E-state index is 12.6. The van der Waals surface area contributed by atoms with Crippen LogP contribution in [-0.2, 0) is 30.8 Å². The normalized spacial score (nSPS) is 12.1. The van der Waals surface area contributed by atoms with E-state index in [1.54, 1.807) is 31.2 Å². The van der Waals surface area contributed by atoms with Crippen LogP contribution < -0.4 is 4.74 Å². The predicted octanol–water partition coefficient (Wildman–Crippen LogP) is 5.31. The van der Waals surface area contributed by atoms with Gasteiger partial charge in [-0.05, 0) is 66.6 Å². The number of oxime groups is 1. The molecule has 0 unspecified atom stereocenters. The number of halogens is 3. The van der Waals surface area contributed by atoms with Crippen molar-refractivity contribution in [2.24, 2.45) is 5.16 Å². The molecule has 0 saturated heterocycles. The van der Waals surface area contributed by atoms with Gasteiger partial charge in [0.15, 0.2) is 0 Å². The number of hydrogen-bond donors (Lipinski definition) is 1. The molecule has 0 atom stereocenters. The summed E-state index contributed by atoms with van der Waals surface area (Å²) in [4.78, 5) is 5.25. The minimum atomic E-state index is -4.36. The van der Waals surface area contributed by atoms with Gasteiger partial charge in [0.05, 0.1) is 11.3 Å². The van der Waals surface area contributed by atoms with Gasteiger partial charge >= 0.3 is 6.18 Å². The molecular formula is C22H20F3NO4. The molecule has 0 radical (unpaired) electrons. The monoisotopic (exact) mass is 419 g/mol. The Labute approximate surface area is 171 Å². The number of alkyl halides is 3. The average Bonchev–Trinajstić information content (AvgIpc) is 3.20. The van der Waals surface area contributed by atoms with Crippen LogP contribution in [0.5, 0.6) is 5.75 Å². The molecule has 3 rings (SSSR count). The number of ether oxygens (including phenoxy) is 1. The zero-order valence-corrected chi connectivity index (χ0v) is 16.1. The van der Waals surface area contributed by atoms with Gasteiger partial charge in [-0.2, -0.15) is 13.2 Å². The standard InChI is InChI=1S/C22H20F3NO4/c1-15(26-29-13-16-2-6-18(7-3-16)22(23,24)25)17-4-8-19(9-5-17)28-14-21-11-10-20(12-27)30-21/h2-11,27H,12-14H2,1H3.